The maximum absolute atomic E-state index is 13.2. The molecule has 0 spiro atoms. The highest BCUT2D eigenvalue weighted by atomic mass is 32.2. The van der Waals surface area contributed by atoms with Crippen LogP contribution in [0.5, 0.6) is 0 Å². The van der Waals surface area contributed by atoms with Crippen LogP contribution in [0.15, 0.2) is 47.4 Å². The molecule has 0 heterocycles. The lowest BCUT2D eigenvalue weighted by Gasteiger charge is -2.55. The van der Waals surface area contributed by atoms with Crippen molar-refractivity contribution in [2.24, 2.45) is 11.3 Å². The number of aryl methyl sites for hydroxylation is 1. The number of nitrogens with one attached hydrogen (secondary N) is 1. The van der Waals surface area contributed by atoms with Crippen LogP contribution in [0.1, 0.15) is 76.0 Å². The molecule has 0 aliphatic heterocycles. The number of hydrogen-bond donors (Lipinski definition) is 1. The van der Waals surface area contributed by atoms with E-state index in [2.05, 4.69) is 50.6 Å². The van der Waals surface area contributed by atoms with Crippen molar-refractivity contribution in [1.29, 1.82) is 0 Å². The highest BCUT2D eigenvalue weighted by molar-refractivity contribution is 7.89. The molecule has 0 unspecified atom stereocenters. The summed E-state index contributed by atoms with van der Waals surface area (Å²) in [7, 11) is -3.66. The molecule has 4 rings (SSSR count). The van der Waals surface area contributed by atoms with E-state index in [-0.39, 0.29) is 15.7 Å². The van der Waals surface area contributed by atoms with E-state index in [1.54, 1.807) is 0 Å². The molecule has 1 saturated carbocycles. The third-order valence-electron chi connectivity index (χ3n) is 7.96. The fraction of sp³-hybridized carbons (Fsp3) is 0.538. The zero-order chi connectivity index (χ0) is 22.4. The van der Waals surface area contributed by atoms with Gasteiger partial charge in [0.05, 0.1) is 4.90 Å². The SMILES string of the molecule is CC(C)c1ccc2c(c1)CC[C@H]1[C@](C)(CNS(=O)(=O)c3ccc(F)cc3)CCC[C@]21C. The van der Waals surface area contributed by atoms with Crippen molar-refractivity contribution < 1.29 is 12.8 Å². The fourth-order valence-corrected chi connectivity index (χ4v) is 7.35. The minimum absolute atomic E-state index is 0.0669. The fourth-order valence-electron chi connectivity index (χ4n) is 6.17. The third-order valence-corrected chi connectivity index (χ3v) is 9.38. The largest absolute Gasteiger partial charge is 0.240 e. The first kappa shape index (κ1) is 22.5. The van der Waals surface area contributed by atoms with E-state index in [0.29, 0.717) is 18.4 Å². The van der Waals surface area contributed by atoms with Gasteiger partial charge in [0.1, 0.15) is 5.82 Å². The molecule has 2 aliphatic carbocycles. The number of halogens is 1. The second-order valence-corrected chi connectivity index (χ2v) is 12.1. The molecule has 2 aliphatic rings. The van der Waals surface area contributed by atoms with Gasteiger partial charge < -0.3 is 0 Å². The Morgan fingerprint density at radius 1 is 1.10 bits per heavy atom. The molecule has 0 amide bonds. The average Bonchev–Trinajstić information content (AvgIpc) is 2.72. The molecule has 31 heavy (non-hydrogen) atoms. The predicted molar refractivity (Wildman–Crippen MR) is 123 cm³/mol. The van der Waals surface area contributed by atoms with E-state index in [9.17, 15) is 12.8 Å². The molecule has 0 saturated heterocycles. The molecular weight excluding hydrogens is 409 g/mol. The Labute approximate surface area is 186 Å². The van der Waals surface area contributed by atoms with E-state index in [1.807, 2.05) is 0 Å². The van der Waals surface area contributed by atoms with E-state index < -0.39 is 15.8 Å². The van der Waals surface area contributed by atoms with E-state index >= 15 is 0 Å². The van der Waals surface area contributed by atoms with Crippen LogP contribution in [0.2, 0.25) is 0 Å². The van der Waals surface area contributed by atoms with Crippen molar-refractivity contribution >= 4 is 10.0 Å². The lowest BCUT2D eigenvalue weighted by Crippen LogP contribution is -2.53. The summed E-state index contributed by atoms with van der Waals surface area (Å²) >= 11 is 0. The van der Waals surface area contributed by atoms with Crippen molar-refractivity contribution in [3.63, 3.8) is 0 Å². The molecule has 2 aromatic rings. The van der Waals surface area contributed by atoms with E-state index in [0.717, 1.165) is 32.1 Å². The van der Waals surface area contributed by atoms with Crippen LogP contribution >= 0.6 is 0 Å². The van der Waals surface area contributed by atoms with Crippen molar-refractivity contribution in [3.8, 4) is 0 Å². The first-order valence-corrected chi connectivity index (χ1v) is 12.9. The summed E-state index contributed by atoms with van der Waals surface area (Å²) in [4.78, 5) is 0.117. The number of benzene rings is 2. The molecule has 168 valence electrons. The maximum atomic E-state index is 13.2. The average molecular weight is 444 g/mol. The van der Waals surface area contributed by atoms with Crippen LogP contribution in [0.25, 0.3) is 0 Å². The zero-order valence-electron chi connectivity index (χ0n) is 19.0. The highest BCUT2D eigenvalue weighted by Gasteiger charge is 2.51. The van der Waals surface area contributed by atoms with Crippen LogP contribution < -0.4 is 4.72 Å². The van der Waals surface area contributed by atoms with Gasteiger partial charge >= 0.3 is 0 Å². The molecule has 5 heteroatoms. The second kappa shape index (κ2) is 8.00. The first-order chi connectivity index (χ1) is 14.6. The summed E-state index contributed by atoms with van der Waals surface area (Å²) in [5, 5.41) is 0. The quantitative estimate of drug-likeness (QED) is 0.622. The molecule has 0 bridgehead atoms. The van der Waals surface area contributed by atoms with Crippen LogP contribution in [0, 0.1) is 17.2 Å². The molecule has 3 atom stereocenters. The normalized spacial score (nSPS) is 28.3. The van der Waals surface area contributed by atoms with Crippen LogP contribution in [-0.4, -0.2) is 15.0 Å². The van der Waals surface area contributed by atoms with Gasteiger partial charge in [-0.3, -0.25) is 0 Å². The Hall–Kier alpha value is -1.72. The van der Waals surface area contributed by atoms with Gasteiger partial charge in [0.25, 0.3) is 0 Å². The van der Waals surface area contributed by atoms with Crippen LogP contribution in [0.3, 0.4) is 0 Å². The van der Waals surface area contributed by atoms with Crippen LogP contribution in [0.4, 0.5) is 4.39 Å². The van der Waals surface area contributed by atoms with Gasteiger partial charge in [0.2, 0.25) is 10.0 Å². The number of hydrogen-bond acceptors (Lipinski definition) is 2. The van der Waals surface area contributed by atoms with E-state index in [1.165, 1.54) is 41.0 Å². The standard InChI is InChI=1S/C26H34FNO2S/c1-18(2)19-6-12-23-20(16-19)7-13-24-25(3,14-5-15-26(23,24)4)17-28-31(29,30)22-10-8-21(27)9-11-22/h6,8-12,16,18,24,28H,5,7,13-15,17H2,1-4H3/t24-,25-,26+/m0/s1. The van der Waals surface area contributed by atoms with Gasteiger partial charge in [0.15, 0.2) is 0 Å². The van der Waals surface area contributed by atoms with E-state index in [4.69, 9.17) is 0 Å². The van der Waals surface area contributed by atoms with Gasteiger partial charge in [0, 0.05) is 6.54 Å². The minimum Gasteiger partial charge on any atom is -0.211 e. The van der Waals surface area contributed by atoms with Crippen molar-refractivity contribution in [2.45, 2.75) is 76.0 Å². The summed E-state index contributed by atoms with van der Waals surface area (Å²) in [6.07, 6.45) is 5.38. The second-order valence-electron chi connectivity index (χ2n) is 10.4. The molecule has 0 aromatic heterocycles. The Bertz CT molecular complexity index is 1060. The summed E-state index contributed by atoms with van der Waals surface area (Å²) < 4.78 is 41.7. The van der Waals surface area contributed by atoms with Crippen molar-refractivity contribution in [1.82, 2.24) is 4.72 Å². The van der Waals surface area contributed by atoms with Gasteiger partial charge in [-0.1, -0.05) is 52.3 Å². The van der Waals surface area contributed by atoms with Gasteiger partial charge in [-0.25, -0.2) is 17.5 Å². The Morgan fingerprint density at radius 3 is 2.48 bits per heavy atom. The van der Waals surface area contributed by atoms with Crippen molar-refractivity contribution in [2.75, 3.05) is 6.54 Å². The Balaban J connectivity index is 1.59. The monoisotopic (exact) mass is 443 g/mol. The third kappa shape index (κ3) is 4.07. The summed E-state index contributed by atoms with van der Waals surface area (Å²) in [6.45, 7) is 9.51. The smallest absolute Gasteiger partial charge is 0.211 e. The predicted octanol–water partition coefficient (Wildman–Crippen LogP) is 5.94. The number of sulfonamides is 1. The first-order valence-electron chi connectivity index (χ1n) is 11.4. The van der Waals surface area contributed by atoms with Crippen LogP contribution in [-0.2, 0) is 21.9 Å². The highest BCUT2D eigenvalue weighted by Crippen LogP contribution is 2.57. The topological polar surface area (TPSA) is 46.2 Å². The number of fused-ring (bicyclic) bond motifs is 3. The van der Waals surface area contributed by atoms with Gasteiger partial charge in [-0.15, -0.1) is 0 Å². The lowest BCUT2D eigenvalue weighted by atomic mass is 9.50. The summed E-state index contributed by atoms with van der Waals surface area (Å²) in [6, 6.07) is 12.0. The molecule has 0 radical (unpaired) electrons. The Morgan fingerprint density at radius 2 is 1.81 bits per heavy atom. The maximum Gasteiger partial charge on any atom is 0.240 e. The molecule has 1 N–H and O–H groups in total. The number of rotatable bonds is 5. The lowest BCUT2D eigenvalue weighted by molar-refractivity contribution is 0.0299. The minimum atomic E-state index is -3.66. The molecule has 2 aromatic carbocycles. The van der Waals surface area contributed by atoms with Crippen molar-refractivity contribution in [3.05, 3.63) is 65.0 Å². The molecule has 3 nitrogen and oxygen atoms in total. The summed E-state index contributed by atoms with van der Waals surface area (Å²) in [5.41, 5.74) is 4.28. The van der Waals surface area contributed by atoms with Gasteiger partial charge in [-0.05, 0) is 89.3 Å². The molecular formula is C26H34FNO2S. The van der Waals surface area contributed by atoms with Gasteiger partial charge in [-0.2, -0.15) is 0 Å². The molecule has 1 fully saturated rings. The Kier molecular flexibility index (Phi) is 5.80. The zero-order valence-corrected chi connectivity index (χ0v) is 19.9. The summed E-state index contributed by atoms with van der Waals surface area (Å²) in [5.74, 6) is 0.505.